The Morgan fingerprint density at radius 1 is 1.50 bits per heavy atom. The topological polar surface area (TPSA) is 50.4 Å². The van der Waals surface area contributed by atoms with Crippen LogP contribution in [0.2, 0.25) is 5.02 Å². The third-order valence-corrected chi connectivity index (χ3v) is 3.44. The average molecular weight is 380 g/mol. The zero-order valence-electron chi connectivity index (χ0n) is 10.4. The second kappa shape index (κ2) is 6.61. The quantitative estimate of drug-likeness (QED) is 0.480. The third-order valence-electron chi connectivity index (χ3n) is 3.20. The summed E-state index contributed by atoms with van der Waals surface area (Å²) in [7, 11) is 0. The van der Waals surface area contributed by atoms with E-state index in [0.717, 1.165) is 31.0 Å². The molecule has 5 heteroatoms. The molecule has 1 saturated carbocycles. The van der Waals surface area contributed by atoms with E-state index in [9.17, 15) is 0 Å². The van der Waals surface area contributed by atoms with Gasteiger partial charge in [0.15, 0.2) is 5.96 Å². The molecule has 0 spiro atoms. The van der Waals surface area contributed by atoms with Crippen molar-refractivity contribution in [3.8, 4) is 0 Å². The van der Waals surface area contributed by atoms with Crippen molar-refractivity contribution in [2.24, 2.45) is 10.7 Å². The second-order valence-electron chi connectivity index (χ2n) is 4.52. The summed E-state index contributed by atoms with van der Waals surface area (Å²) in [5, 5.41) is 3.80. The van der Waals surface area contributed by atoms with Crippen LogP contribution in [0.3, 0.4) is 0 Å². The second-order valence-corrected chi connectivity index (χ2v) is 4.96. The Balaban J connectivity index is 0.00000162. The van der Waals surface area contributed by atoms with Gasteiger partial charge in [0.1, 0.15) is 0 Å². The van der Waals surface area contributed by atoms with Gasteiger partial charge in [-0.2, -0.15) is 0 Å². The molecule has 0 saturated heterocycles. The Bertz CT molecular complexity index is 430. The number of guanidine groups is 1. The summed E-state index contributed by atoms with van der Waals surface area (Å²) < 4.78 is 0. The lowest BCUT2D eigenvalue weighted by Gasteiger charge is -2.14. The van der Waals surface area contributed by atoms with E-state index >= 15 is 0 Å². The number of nitrogens with one attached hydrogen (secondary N) is 1. The van der Waals surface area contributed by atoms with E-state index in [1.54, 1.807) is 0 Å². The maximum absolute atomic E-state index is 6.02. The van der Waals surface area contributed by atoms with Crippen LogP contribution >= 0.6 is 35.6 Å². The van der Waals surface area contributed by atoms with Gasteiger partial charge in [0.05, 0.1) is 6.54 Å². The number of hydrogen-bond donors (Lipinski definition) is 2. The van der Waals surface area contributed by atoms with Crippen LogP contribution in [0.25, 0.3) is 0 Å². The highest BCUT2D eigenvalue weighted by Crippen LogP contribution is 2.48. The normalized spacial score (nSPS) is 16.9. The first kappa shape index (κ1) is 15.6. The molecule has 0 aromatic heterocycles. The fourth-order valence-electron chi connectivity index (χ4n) is 1.98. The fourth-order valence-corrected chi connectivity index (χ4v) is 2.17. The molecule has 100 valence electrons. The first-order chi connectivity index (χ1) is 8.16. The molecule has 2 rings (SSSR count). The number of nitrogens with zero attached hydrogens (tertiary/aromatic N) is 1. The monoisotopic (exact) mass is 379 g/mol. The van der Waals surface area contributed by atoms with Crippen LogP contribution in [0.4, 0.5) is 0 Å². The minimum atomic E-state index is 0. The van der Waals surface area contributed by atoms with Gasteiger partial charge in [-0.25, -0.2) is 0 Å². The summed E-state index contributed by atoms with van der Waals surface area (Å²) in [5.74, 6) is 0.529. The summed E-state index contributed by atoms with van der Waals surface area (Å²) in [6.07, 6.45) is 2.33. The lowest BCUT2D eigenvalue weighted by atomic mass is 9.96. The predicted octanol–water partition coefficient (Wildman–Crippen LogP) is 2.91. The van der Waals surface area contributed by atoms with E-state index in [1.165, 1.54) is 5.56 Å². The summed E-state index contributed by atoms with van der Waals surface area (Å²) in [5.41, 5.74) is 7.19. The molecule has 1 aliphatic carbocycles. The van der Waals surface area contributed by atoms with Crippen molar-refractivity contribution in [1.82, 2.24) is 5.32 Å². The van der Waals surface area contributed by atoms with Crippen molar-refractivity contribution in [1.29, 1.82) is 0 Å². The van der Waals surface area contributed by atoms with E-state index in [0.29, 0.717) is 5.96 Å². The molecule has 1 fully saturated rings. The smallest absolute Gasteiger partial charge is 0.188 e. The summed E-state index contributed by atoms with van der Waals surface area (Å²) in [4.78, 5) is 4.39. The van der Waals surface area contributed by atoms with Gasteiger partial charge in [0.2, 0.25) is 0 Å². The van der Waals surface area contributed by atoms with Crippen LogP contribution in [-0.2, 0) is 5.41 Å². The largest absolute Gasteiger partial charge is 0.370 e. The molecule has 3 N–H and O–H groups in total. The summed E-state index contributed by atoms with van der Waals surface area (Å²) >= 11 is 6.02. The van der Waals surface area contributed by atoms with Crippen molar-refractivity contribution in [3.63, 3.8) is 0 Å². The van der Waals surface area contributed by atoms with Gasteiger partial charge in [-0.1, -0.05) is 23.7 Å². The van der Waals surface area contributed by atoms with E-state index < -0.39 is 0 Å². The molecule has 1 aromatic rings. The number of nitrogens with two attached hydrogens (primary N) is 1. The van der Waals surface area contributed by atoms with Crippen LogP contribution in [0.1, 0.15) is 25.3 Å². The summed E-state index contributed by atoms with van der Waals surface area (Å²) in [6, 6.07) is 8.05. The Hall–Kier alpha value is -0.490. The van der Waals surface area contributed by atoms with Crippen molar-refractivity contribution < 1.29 is 0 Å². The van der Waals surface area contributed by atoms with Crippen molar-refractivity contribution in [2.45, 2.75) is 25.2 Å². The van der Waals surface area contributed by atoms with Gasteiger partial charge in [0.25, 0.3) is 0 Å². The highest BCUT2D eigenvalue weighted by atomic mass is 127. The van der Waals surface area contributed by atoms with Crippen LogP contribution in [0.5, 0.6) is 0 Å². The SMILES string of the molecule is CCNC(N)=NCC1(c2cccc(Cl)c2)CC1.I. The van der Waals surface area contributed by atoms with Gasteiger partial charge in [-0.15, -0.1) is 24.0 Å². The molecule has 0 heterocycles. The molecule has 3 nitrogen and oxygen atoms in total. The fraction of sp³-hybridized carbons (Fsp3) is 0.462. The molecule has 0 bridgehead atoms. The number of rotatable bonds is 4. The molecule has 1 aromatic carbocycles. The van der Waals surface area contributed by atoms with Gasteiger partial charge in [-0.05, 0) is 37.5 Å². The Labute approximate surface area is 130 Å². The lowest BCUT2D eigenvalue weighted by molar-refractivity contribution is 0.701. The van der Waals surface area contributed by atoms with Crippen molar-refractivity contribution >= 4 is 41.5 Å². The number of aliphatic imine (C=N–C) groups is 1. The molecule has 1 aliphatic rings. The average Bonchev–Trinajstić information content (AvgIpc) is 3.08. The van der Waals surface area contributed by atoms with Crippen LogP contribution < -0.4 is 11.1 Å². The van der Waals surface area contributed by atoms with E-state index in [4.69, 9.17) is 17.3 Å². The molecule has 0 atom stereocenters. The highest BCUT2D eigenvalue weighted by molar-refractivity contribution is 14.0. The maximum atomic E-state index is 6.02. The van der Waals surface area contributed by atoms with Gasteiger partial charge in [0, 0.05) is 17.0 Å². The Kier molecular flexibility index (Phi) is 5.72. The van der Waals surface area contributed by atoms with Crippen LogP contribution in [0.15, 0.2) is 29.3 Å². The highest BCUT2D eigenvalue weighted by Gasteiger charge is 2.44. The Morgan fingerprint density at radius 2 is 2.22 bits per heavy atom. The van der Waals surface area contributed by atoms with Crippen LogP contribution in [0, 0.1) is 0 Å². The number of halogens is 2. The number of benzene rings is 1. The third kappa shape index (κ3) is 3.75. The lowest BCUT2D eigenvalue weighted by Crippen LogP contribution is -2.32. The minimum Gasteiger partial charge on any atom is -0.370 e. The van der Waals surface area contributed by atoms with Crippen LogP contribution in [-0.4, -0.2) is 19.0 Å². The molecular formula is C13H19ClIN3. The molecule has 0 unspecified atom stereocenters. The van der Waals surface area contributed by atoms with E-state index in [2.05, 4.69) is 16.4 Å². The zero-order valence-corrected chi connectivity index (χ0v) is 13.5. The summed E-state index contributed by atoms with van der Waals surface area (Å²) in [6.45, 7) is 3.55. The van der Waals surface area contributed by atoms with Gasteiger partial charge in [-0.3, -0.25) is 4.99 Å². The van der Waals surface area contributed by atoms with Crippen molar-refractivity contribution in [3.05, 3.63) is 34.9 Å². The van der Waals surface area contributed by atoms with E-state index in [1.807, 2.05) is 25.1 Å². The van der Waals surface area contributed by atoms with Crippen molar-refractivity contribution in [2.75, 3.05) is 13.1 Å². The minimum absolute atomic E-state index is 0. The van der Waals surface area contributed by atoms with Gasteiger partial charge >= 0.3 is 0 Å². The van der Waals surface area contributed by atoms with Gasteiger partial charge < -0.3 is 11.1 Å². The molecule has 18 heavy (non-hydrogen) atoms. The molecule has 0 aliphatic heterocycles. The first-order valence-electron chi connectivity index (χ1n) is 5.96. The molecule has 0 radical (unpaired) electrons. The number of hydrogen-bond acceptors (Lipinski definition) is 1. The Morgan fingerprint density at radius 3 is 2.78 bits per heavy atom. The molecular weight excluding hydrogens is 361 g/mol. The molecule has 0 amide bonds. The predicted molar refractivity (Wildman–Crippen MR) is 87.9 cm³/mol. The van der Waals surface area contributed by atoms with E-state index in [-0.39, 0.29) is 29.4 Å². The first-order valence-corrected chi connectivity index (χ1v) is 6.34. The zero-order chi connectivity index (χ0) is 12.3. The standard InChI is InChI=1S/C13H18ClN3.HI/c1-2-16-12(15)17-9-13(6-7-13)10-4-3-5-11(14)8-10;/h3-5,8H,2,6-7,9H2,1H3,(H3,15,16,17);1H. The maximum Gasteiger partial charge on any atom is 0.188 e.